The molecule has 0 fully saturated rings. The lowest BCUT2D eigenvalue weighted by atomic mass is 10.2. The first-order valence-electron chi connectivity index (χ1n) is 11.3. The fourth-order valence-electron chi connectivity index (χ4n) is 3.32. The smallest absolute Gasteiger partial charge is 0.331 e. The van der Waals surface area contributed by atoms with E-state index in [1.165, 1.54) is 6.08 Å². The van der Waals surface area contributed by atoms with Gasteiger partial charge < -0.3 is 29.8 Å². The highest BCUT2D eigenvalue weighted by Crippen LogP contribution is 2.30. The van der Waals surface area contributed by atoms with E-state index < -0.39 is 5.97 Å². The standard InChI is InChI=1S/C26H26N6O5/c1-16-20(17(2)37-32-16)14-35-21-11-9-18(13-22(21)34-3)10-12-24(33)36-15-23-29-25(27)31-26(30-23)28-19-7-5-4-6-8-19/h4-13H,14-15H2,1-3H3,(H3,27,28,29,30,31). The molecular formula is C26H26N6O5. The molecule has 4 aromatic rings. The van der Waals surface area contributed by atoms with Crippen molar-refractivity contribution in [1.29, 1.82) is 0 Å². The highest BCUT2D eigenvalue weighted by Gasteiger charge is 2.12. The lowest BCUT2D eigenvalue weighted by Crippen LogP contribution is -2.10. The number of carbonyl (C=O) groups is 1. The predicted molar refractivity (Wildman–Crippen MR) is 136 cm³/mol. The van der Waals surface area contributed by atoms with Crippen molar-refractivity contribution >= 4 is 29.6 Å². The Labute approximate surface area is 213 Å². The topological polar surface area (TPSA) is 148 Å². The first-order valence-corrected chi connectivity index (χ1v) is 11.3. The van der Waals surface area contributed by atoms with Gasteiger partial charge in [0, 0.05) is 11.8 Å². The summed E-state index contributed by atoms with van der Waals surface area (Å²) in [6, 6.07) is 14.7. The Morgan fingerprint density at radius 2 is 1.86 bits per heavy atom. The number of nitrogens with two attached hydrogens (primary N) is 1. The van der Waals surface area contributed by atoms with E-state index in [1.807, 2.05) is 44.2 Å². The van der Waals surface area contributed by atoms with Crippen molar-refractivity contribution in [2.24, 2.45) is 0 Å². The molecule has 0 bridgehead atoms. The van der Waals surface area contributed by atoms with Crippen LogP contribution in [0.2, 0.25) is 0 Å². The van der Waals surface area contributed by atoms with Crippen LogP contribution in [0.3, 0.4) is 0 Å². The molecule has 2 aromatic heterocycles. The minimum Gasteiger partial charge on any atom is -0.493 e. The average Bonchev–Trinajstić information content (AvgIpc) is 3.22. The maximum atomic E-state index is 12.3. The monoisotopic (exact) mass is 502 g/mol. The average molecular weight is 503 g/mol. The highest BCUT2D eigenvalue weighted by molar-refractivity contribution is 5.87. The number of hydrogen-bond acceptors (Lipinski definition) is 11. The van der Waals surface area contributed by atoms with E-state index in [4.69, 9.17) is 24.5 Å². The number of hydrogen-bond donors (Lipinski definition) is 2. The number of para-hydroxylation sites is 1. The zero-order chi connectivity index (χ0) is 26.2. The van der Waals surface area contributed by atoms with Gasteiger partial charge >= 0.3 is 5.97 Å². The molecule has 37 heavy (non-hydrogen) atoms. The minimum absolute atomic E-state index is 0.0128. The van der Waals surface area contributed by atoms with Gasteiger partial charge in [0.25, 0.3) is 0 Å². The van der Waals surface area contributed by atoms with Gasteiger partial charge in [-0.25, -0.2) is 4.79 Å². The molecule has 0 spiro atoms. The number of ether oxygens (including phenoxy) is 3. The molecule has 2 heterocycles. The van der Waals surface area contributed by atoms with Crippen LogP contribution in [0.5, 0.6) is 11.5 Å². The lowest BCUT2D eigenvalue weighted by molar-refractivity contribution is -0.139. The first-order chi connectivity index (χ1) is 17.9. The number of aromatic nitrogens is 4. The number of esters is 1. The minimum atomic E-state index is -0.575. The van der Waals surface area contributed by atoms with Gasteiger partial charge in [0.05, 0.1) is 18.4 Å². The van der Waals surface area contributed by atoms with E-state index in [9.17, 15) is 4.79 Å². The number of methoxy groups -OCH3 is 1. The summed E-state index contributed by atoms with van der Waals surface area (Å²) in [5.41, 5.74) is 8.94. The van der Waals surface area contributed by atoms with Crippen molar-refractivity contribution in [3.63, 3.8) is 0 Å². The Bertz CT molecular complexity index is 1380. The number of nitrogen functional groups attached to an aromatic ring is 1. The van der Waals surface area contributed by atoms with Gasteiger partial charge in [-0.05, 0) is 49.8 Å². The van der Waals surface area contributed by atoms with E-state index in [-0.39, 0.29) is 24.3 Å². The second-order valence-corrected chi connectivity index (χ2v) is 7.87. The number of carbonyl (C=O) groups excluding carboxylic acids is 1. The number of rotatable bonds is 10. The third kappa shape index (κ3) is 6.82. The molecule has 3 N–H and O–H groups in total. The first kappa shape index (κ1) is 25.2. The number of anilines is 3. The van der Waals surface area contributed by atoms with E-state index >= 15 is 0 Å². The quantitative estimate of drug-likeness (QED) is 0.238. The number of nitrogens with zero attached hydrogens (tertiary/aromatic N) is 4. The fourth-order valence-corrected chi connectivity index (χ4v) is 3.32. The van der Waals surface area contributed by atoms with Gasteiger partial charge in [0.15, 0.2) is 23.9 Å². The van der Waals surface area contributed by atoms with Gasteiger partial charge in [0.1, 0.15) is 12.4 Å². The molecule has 4 rings (SSSR count). The van der Waals surface area contributed by atoms with Crippen molar-refractivity contribution in [2.75, 3.05) is 18.2 Å². The number of aryl methyl sites for hydroxylation is 2. The van der Waals surface area contributed by atoms with Crippen molar-refractivity contribution < 1.29 is 23.5 Å². The Morgan fingerprint density at radius 1 is 1.05 bits per heavy atom. The van der Waals surface area contributed by atoms with Gasteiger partial charge in [-0.15, -0.1) is 0 Å². The van der Waals surface area contributed by atoms with Crippen LogP contribution in [0.25, 0.3) is 6.08 Å². The summed E-state index contributed by atoms with van der Waals surface area (Å²) >= 11 is 0. The van der Waals surface area contributed by atoms with E-state index in [1.54, 1.807) is 31.4 Å². The maximum absolute atomic E-state index is 12.3. The summed E-state index contributed by atoms with van der Waals surface area (Å²) < 4.78 is 21.7. The highest BCUT2D eigenvalue weighted by atomic mass is 16.5. The van der Waals surface area contributed by atoms with E-state index in [0.29, 0.717) is 23.9 Å². The number of nitrogens with one attached hydrogen (secondary N) is 1. The third-order valence-electron chi connectivity index (χ3n) is 5.23. The zero-order valence-electron chi connectivity index (χ0n) is 20.6. The predicted octanol–water partition coefficient (Wildman–Crippen LogP) is 4.15. The van der Waals surface area contributed by atoms with Crippen LogP contribution in [0.4, 0.5) is 17.6 Å². The van der Waals surface area contributed by atoms with Gasteiger partial charge in [-0.3, -0.25) is 0 Å². The Morgan fingerprint density at radius 3 is 2.59 bits per heavy atom. The molecule has 0 aliphatic heterocycles. The Hall–Kier alpha value is -4.93. The summed E-state index contributed by atoms with van der Waals surface area (Å²) in [5, 5.41) is 6.96. The molecule has 2 aromatic carbocycles. The summed E-state index contributed by atoms with van der Waals surface area (Å²) in [6.07, 6.45) is 2.90. The molecular weight excluding hydrogens is 476 g/mol. The molecule has 11 nitrogen and oxygen atoms in total. The fraction of sp³-hybridized carbons (Fsp3) is 0.192. The molecule has 0 unspecified atom stereocenters. The van der Waals surface area contributed by atoms with Crippen LogP contribution in [-0.4, -0.2) is 33.2 Å². The van der Waals surface area contributed by atoms with Crippen LogP contribution in [0.1, 0.15) is 28.4 Å². The Balaban J connectivity index is 1.34. The van der Waals surface area contributed by atoms with Crippen LogP contribution >= 0.6 is 0 Å². The largest absolute Gasteiger partial charge is 0.493 e. The lowest BCUT2D eigenvalue weighted by Gasteiger charge is -2.11. The van der Waals surface area contributed by atoms with Crippen molar-refractivity contribution in [3.8, 4) is 11.5 Å². The molecule has 0 aliphatic carbocycles. The van der Waals surface area contributed by atoms with E-state index in [2.05, 4.69) is 25.4 Å². The molecule has 11 heteroatoms. The van der Waals surface area contributed by atoms with Crippen LogP contribution in [0.15, 0.2) is 59.1 Å². The third-order valence-corrected chi connectivity index (χ3v) is 5.23. The van der Waals surface area contributed by atoms with Crippen LogP contribution < -0.4 is 20.5 Å². The molecule has 190 valence electrons. The zero-order valence-corrected chi connectivity index (χ0v) is 20.6. The van der Waals surface area contributed by atoms with Gasteiger partial charge in [0.2, 0.25) is 11.9 Å². The summed E-state index contributed by atoms with van der Waals surface area (Å²) in [6.45, 7) is 3.81. The van der Waals surface area contributed by atoms with E-state index in [0.717, 1.165) is 22.5 Å². The van der Waals surface area contributed by atoms with Crippen LogP contribution in [0, 0.1) is 13.8 Å². The van der Waals surface area contributed by atoms with Gasteiger partial charge in [-0.2, -0.15) is 15.0 Å². The van der Waals surface area contributed by atoms with Crippen molar-refractivity contribution in [2.45, 2.75) is 27.1 Å². The Kier molecular flexibility index (Phi) is 7.94. The normalized spacial score (nSPS) is 10.9. The molecule has 0 saturated heterocycles. The second-order valence-electron chi connectivity index (χ2n) is 7.87. The molecule has 0 saturated carbocycles. The summed E-state index contributed by atoms with van der Waals surface area (Å²) in [5.74, 6) is 1.68. The molecule has 0 radical (unpaired) electrons. The van der Waals surface area contributed by atoms with Crippen molar-refractivity contribution in [1.82, 2.24) is 20.1 Å². The maximum Gasteiger partial charge on any atom is 0.331 e. The SMILES string of the molecule is COc1cc(C=CC(=O)OCc2nc(N)nc(Nc3ccccc3)n2)ccc1OCc1c(C)noc1C. The molecule has 0 aliphatic rings. The molecule has 0 atom stereocenters. The molecule has 0 amide bonds. The van der Waals surface area contributed by atoms with Crippen molar-refractivity contribution in [3.05, 3.63) is 83.0 Å². The summed E-state index contributed by atoms with van der Waals surface area (Å²) in [4.78, 5) is 24.6. The van der Waals surface area contributed by atoms with Crippen LogP contribution in [-0.2, 0) is 22.7 Å². The second kappa shape index (κ2) is 11.7. The summed E-state index contributed by atoms with van der Waals surface area (Å²) in [7, 11) is 1.54. The van der Waals surface area contributed by atoms with Gasteiger partial charge in [-0.1, -0.05) is 29.4 Å². The number of benzene rings is 2.